The molecule has 1 aromatic heterocycles. The molecule has 0 amide bonds. The molecule has 0 saturated heterocycles. The monoisotopic (exact) mass is 252 g/mol. The fraction of sp³-hybridized carbons (Fsp3) is 0.417. The molecule has 0 fully saturated rings. The van der Waals surface area contributed by atoms with E-state index < -0.39 is 5.76 Å². The Morgan fingerprint density at radius 1 is 1.53 bits per heavy atom. The molecule has 0 aliphatic rings. The van der Waals surface area contributed by atoms with E-state index in [9.17, 15) is 4.79 Å². The van der Waals surface area contributed by atoms with Crippen LogP contribution in [0.1, 0.15) is 20.3 Å². The van der Waals surface area contributed by atoms with Crippen LogP contribution in [0.2, 0.25) is 0 Å². The fourth-order valence-electron chi connectivity index (χ4n) is 1.47. The van der Waals surface area contributed by atoms with Gasteiger partial charge in [-0.3, -0.25) is 4.98 Å². The smallest absolute Gasteiger partial charge is 0.408 e. The summed E-state index contributed by atoms with van der Waals surface area (Å²) in [5.41, 5.74) is 7.81. The van der Waals surface area contributed by atoms with Gasteiger partial charge in [0.15, 0.2) is 5.58 Å². The fourth-order valence-corrected chi connectivity index (χ4v) is 2.59. The van der Waals surface area contributed by atoms with Gasteiger partial charge < -0.3 is 10.2 Å². The molecule has 0 spiro atoms. The number of rotatable bonds is 4. The SMILES string of the molecule is CCC(C)CSc1cc2[nH]c(=O)oc2cc1N. The van der Waals surface area contributed by atoms with E-state index in [4.69, 9.17) is 10.2 Å². The van der Waals surface area contributed by atoms with Crippen molar-refractivity contribution in [1.82, 2.24) is 4.98 Å². The van der Waals surface area contributed by atoms with Gasteiger partial charge in [-0.2, -0.15) is 0 Å². The molecule has 4 nitrogen and oxygen atoms in total. The maximum Gasteiger partial charge on any atom is 0.417 e. The summed E-state index contributed by atoms with van der Waals surface area (Å²) < 4.78 is 4.95. The Labute approximate surface area is 104 Å². The van der Waals surface area contributed by atoms with Gasteiger partial charge in [0, 0.05) is 22.4 Å². The summed E-state index contributed by atoms with van der Waals surface area (Å²) in [7, 11) is 0. The van der Waals surface area contributed by atoms with Crippen molar-refractivity contribution in [1.29, 1.82) is 0 Å². The number of anilines is 1. The van der Waals surface area contributed by atoms with E-state index in [1.54, 1.807) is 17.8 Å². The van der Waals surface area contributed by atoms with E-state index in [2.05, 4.69) is 18.8 Å². The molecule has 3 N–H and O–H groups in total. The Hall–Kier alpha value is -1.36. The van der Waals surface area contributed by atoms with Crippen LogP contribution >= 0.6 is 11.8 Å². The van der Waals surface area contributed by atoms with E-state index in [-0.39, 0.29) is 0 Å². The molecule has 1 aromatic carbocycles. The van der Waals surface area contributed by atoms with E-state index in [1.807, 2.05) is 6.07 Å². The molecule has 1 atom stereocenters. The van der Waals surface area contributed by atoms with Crippen molar-refractivity contribution in [3.63, 3.8) is 0 Å². The highest BCUT2D eigenvalue weighted by molar-refractivity contribution is 7.99. The molecule has 1 heterocycles. The highest BCUT2D eigenvalue weighted by atomic mass is 32.2. The second-order valence-electron chi connectivity index (χ2n) is 4.23. The molecule has 2 rings (SSSR count). The van der Waals surface area contributed by atoms with Gasteiger partial charge in [-0.05, 0) is 12.0 Å². The molecule has 0 radical (unpaired) electrons. The third kappa shape index (κ3) is 2.66. The molecule has 2 aromatic rings. The van der Waals surface area contributed by atoms with Gasteiger partial charge in [-0.15, -0.1) is 11.8 Å². The number of thioether (sulfide) groups is 1. The van der Waals surface area contributed by atoms with Gasteiger partial charge in [0.2, 0.25) is 0 Å². The minimum absolute atomic E-state index is 0.441. The van der Waals surface area contributed by atoms with Gasteiger partial charge in [-0.25, -0.2) is 4.79 Å². The van der Waals surface area contributed by atoms with Gasteiger partial charge in [0.05, 0.1) is 5.52 Å². The summed E-state index contributed by atoms with van der Waals surface area (Å²) in [6, 6.07) is 3.58. The predicted octanol–water partition coefficient (Wildman–Crippen LogP) is 2.84. The lowest BCUT2D eigenvalue weighted by Gasteiger charge is -2.09. The Bertz CT molecular complexity index is 573. The van der Waals surface area contributed by atoms with Crippen molar-refractivity contribution in [3.8, 4) is 0 Å². The quantitative estimate of drug-likeness (QED) is 0.648. The van der Waals surface area contributed by atoms with Crippen molar-refractivity contribution in [2.24, 2.45) is 5.92 Å². The highest BCUT2D eigenvalue weighted by Gasteiger charge is 2.08. The number of benzene rings is 1. The number of aromatic nitrogens is 1. The molecule has 0 bridgehead atoms. The number of nitrogens with one attached hydrogen (secondary N) is 1. The maximum atomic E-state index is 11.1. The summed E-state index contributed by atoms with van der Waals surface area (Å²) >= 11 is 1.72. The van der Waals surface area contributed by atoms with Gasteiger partial charge in [0.1, 0.15) is 0 Å². The van der Waals surface area contributed by atoms with Crippen LogP contribution in [-0.4, -0.2) is 10.7 Å². The third-order valence-corrected chi connectivity index (χ3v) is 4.17. The Morgan fingerprint density at radius 3 is 3.00 bits per heavy atom. The van der Waals surface area contributed by atoms with Crippen LogP contribution in [0.5, 0.6) is 0 Å². The summed E-state index contributed by atoms with van der Waals surface area (Å²) in [6.07, 6.45) is 1.15. The lowest BCUT2D eigenvalue weighted by molar-refractivity contribution is 0.555. The zero-order valence-corrected chi connectivity index (χ0v) is 10.8. The molecular weight excluding hydrogens is 236 g/mol. The molecule has 0 saturated carbocycles. The van der Waals surface area contributed by atoms with E-state index in [0.717, 1.165) is 17.1 Å². The number of fused-ring (bicyclic) bond motifs is 1. The van der Waals surface area contributed by atoms with Crippen LogP contribution in [0, 0.1) is 5.92 Å². The highest BCUT2D eigenvalue weighted by Crippen LogP contribution is 2.30. The van der Waals surface area contributed by atoms with Crippen molar-refractivity contribution < 1.29 is 4.42 Å². The number of H-pyrrole nitrogens is 1. The number of hydrogen-bond donors (Lipinski definition) is 2. The molecule has 0 aliphatic heterocycles. The normalized spacial score (nSPS) is 13.1. The molecule has 5 heteroatoms. The van der Waals surface area contributed by atoms with Gasteiger partial charge in [-0.1, -0.05) is 20.3 Å². The average Bonchev–Trinajstić information content (AvgIpc) is 2.64. The van der Waals surface area contributed by atoms with E-state index in [1.165, 1.54) is 0 Å². The minimum Gasteiger partial charge on any atom is -0.408 e. The maximum absolute atomic E-state index is 11.1. The number of hydrogen-bond acceptors (Lipinski definition) is 4. The number of aromatic amines is 1. The van der Waals surface area contributed by atoms with Crippen LogP contribution in [-0.2, 0) is 0 Å². The van der Waals surface area contributed by atoms with Crippen LogP contribution in [0.3, 0.4) is 0 Å². The standard InChI is InChI=1S/C12H16N2O2S/c1-3-7(2)6-17-11-5-9-10(4-8(11)13)16-12(15)14-9/h4-5,7H,3,6,13H2,1-2H3,(H,14,15). The average molecular weight is 252 g/mol. The van der Waals surface area contributed by atoms with E-state index >= 15 is 0 Å². The van der Waals surface area contributed by atoms with Crippen LogP contribution in [0.25, 0.3) is 11.1 Å². The first-order valence-electron chi connectivity index (χ1n) is 5.65. The number of nitrogens with two attached hydrogens (primary N) is 1. The van der Waals surface area contributed by atoms with Crippen LogP contribution in [0.4, 0.5) is 5.69 Å². The Morgan fingerprint density at radius 2 is 2.29 bits per heavy atom. The Balaban J connectivity index is 2.27. The lowest BCUT2D eigenvalue weighted by Crippen LogP contribution is -1.97. The van der Waals surface area contributed by atoms with Crippen LogP contribution in [0.15, 0.2) is 26.2 Å². The van der Waals surface area contributed by atoms with Crippen molar-refractivity contribution in [2.45, 2.75) is 25.2 Å². The summed E-state index contributed by atoms with van der Waals surface area (Å²) in [4.78, 5) is 14.7. The zero-order chi connectivity index (χ0) is 12.4. The first-order chi connectivity index (χ1) is 8.10. The van der Waals surface area contributed by atoms with Crippen LogP contribution < -0.4 is 11.5 Å². The topological polar surface area (TPSA) is 72.0 Å². The first-order valence-corrected chi connectivity index (χ1v) is 6.64. The summed E-state index contributed by atoms with van der Waals surface area (Å²) in [5.74, 6) is 1.23. The molecule has 92 valence electrons. The van der Waals surface area contributed by atoms with Crippen molar-refractivity contribution >= 4 is 28.5 Å². The zero-order valence-electron chi connectivity index (χ0n) is 9.95. The molecule has 0 aliphatic carbocycles. The summed E-state index contributed by atoms with van der Waals surface area (Å²) in [6.45, 7) is 4.38. The molecule has 17 heavy (non-hydrogen) atoms. The second kappa shape index (κ2) is 4.87. The van der Waals surface area contributed by atoms with E-state index in [0.29, 0.717) is 22.7 Å². The lowest BCUT2D eigenvalue weighted by atomic mass is 10.2. The number of oxazole rings is 1. The van der Waals surface area contributed by atoms with Crippen molar-refractivity contribution in [3.05, 3.63) is 22.7 Å². The first kappa shape index (κ1) is 12.1. The Kier molecular flexibility index (Phi) is 3.47. The minimum atomic E-state index is -0.441. The predicted molar refractivity (Wildman–Crippen MR) is 71.4 cm³/mol. The second-order valence-corrected chi connectivity index (χ2v) is 5.29. The number of nitrogen functional groups attached to an aromatic ring is 1. The van der Waals surface area contributed by atoms with Gasteiger partial charge in [0.25, 0.3) is 0 Å². The summed E-state index contributed by atoms with van der Waals surface area (Å²) in [5, 5.41) is 0. The largest absolute Gasteiger partial charge is 0.417 e. The molecular formula is C12H16N2O2S. The van der Waals surface area contributed by atoms with Crippen molar-refractivity contribution in [2.75, 3.05) is 11.5 Å². The molecule has 1 unspecified atom stereocenters. The van der Waals surface area contributed by atoms with Gasteiger partial charge >= 0.3 is 5.76 Å². The third-order valence-electron chi connectivity index (χ3n) is 2.77.